The van der Waals surface area contributed by atoms with Gasteiger partial charge in [0.05, 0.1) is 12.5 Å². The van der Waals surface area contributed by atoms with Crippen LogP contribution in [0.4, 0.5) is 4.39 Å². The van der Waals surface area contributed by atoms with Crippen molar-refractivity contribution in [2.75, 3.05) is 0 Å². The number of pyridine rings is 1. The predicted octanol–water partition coefficient (Wildman–Crippen LogP) is 10.1. The number of hydrogen-bond donors (Lipinski definition) is 0. The van der Waals surface area contributed by atoms with Gasteiger partial charge in [-0.2, -0.15) is 0 Å². The molecule has 0 radical (unpaired) electrons. The molecule has 3 heteroatoms. The van der Waals surface area contributed by atoms with Crippen LogP contribution in [-0.2, 0) is 13.5 Å². The lowest BCUT2D eigenvalue weighted by atomic mass is 9.87. The molecule has 0 bridgehead atoms. The molecule has 0 saturated carbocycles. The van der Waals surface area contributed by atoms with Crippen LogP contribution in [0.2, 0.25) is 0 Å². The topological polar surface area (TPSA) is 17.0 Å². The molecule has 0 atom stereocenters. The summed E-state index contributed by atoms with van der Waals surface area (Å²) in [7, 11) is 2.05. The van der Waals surface area contributed by atoms with Crippen LogP contribution in [0.1, 0.15) is 33.3 Å². The van der Waals surface area contributed by atoms with Crippen LogP contribution < -0.4 is 4.57 Å². The number of benzene rings is 5. The smallest absolute Gasteiger partial charge is 0.216 e. The SMILES string of the molecule is [2H]c1c(-c2c(F)ccc3c2oc2c(-c4cc(CC(C)(C)C)cc[n+]4C)c(C)ccc23)c2ccccc2c2ccccc12. The lowest BCUT2D eigenvalue weighted by Gasteiger charge is -2.18. The molecule has 0 aliphatic carbocycles. The Kier molecular flexibility index (Phi) is 5.50. The number of furan rings is 1. The summed E-state index contributed by atoms with van der Waals surface area (Å²) in [6.45, 7) is 8.84. The van der Waals surface area contributed by atoms with Gasteiger partial charge in [0.2, 0.25) is 5.69 Å². The van der Waals surface area contributed by atoms with Gasteiger partial charge < -0.3 is 4.42 Å². The second kappa shape index (κ2) is 9.27. The van der Waals surface area contributed by atoms with Crippen molar-refractivity contribution < 1.29 is 14.7 Å². The molecule has 2 nitrogen and oxygen atoms in total. The quantitative estimate of drug-likeness (QED) is 0.161. The van der Waals surface area contributed by atoms with E-state index < -0.39 is 5.82 Å². The molecule has 0 amide bonds. The van der Waals surface area contributed by atoms with Gasteiger partial charge in [-0.25, -0.2) is 8.96 Å². The number of aromatic nitrogens is 1. The van der Waals surface area contributed by atoms with Crippen molar-refractivity contribution in [1.82, 2.24) is 0 Å². The minimum Gasteiger partial charge on any atom is -0.454 e. The molecule has 5 aromatic carbocycles. The van der Waals surface area contributed by atoms with Crippen molar-refractivity contribution in [3.8, 4) is 22.4 Å². The molecule has 7 rings (SSSR count). The van der Waals surface area contributed by atoms with Gasteiger partial charge in [0.1, 0.15) is 24.0 Å². The van der Waals surface area contributed by atoms with E-state index in [4.69, 9.17) is 4.42 Å². The fourth-order valence-electron chi connectivity index (χ4n) is 6.28. The molecule has 2 heterocycles. The number of hydrogen-bond acceptors (Lipinski definition) is 1. The number of halogens is 1. The molecule has 0 N–H and O–H groups in total. The van der Waals surface area contributed by atoms with Gasteiger partial charge in [-0.3, -0.25) is 0 Å². The first kappa shape index (κ1) is 24.3. The third-order valence-electron chi connectivity index (χ3n) is 8.10. The van der Waals surface area contributed by atoms with E-state index in [0.29, 0.717) is 22.8 Å². The summed E-state index contributed by atoms with van der Waals surface area (Å²) in [5.74, 6) is -0.397. The van der Waals surface area contributed by atoms with E-state index in [2.05, 4.69) is 69.8 Å². The Hall–Kier alpha value is -4.50. The van der Waals surface area contributed by atoms with Crippen molar-refractivity contribution >= 4 is 43.5 Å². The highest BCUT2D eigenvalue weighted by atomic mass is 19.1. The monoisotopic (exact) mass is 539 g/mol. The molecule has 0 fully saturated rings. The van der Waals surface area contributed by atoms with Gasteiger partial charge in [0, 0.05) is 22.9 Å². The average Bonchev–Trinajstić information content (AvgIpc) is 3.33. The predicted molar refractivity (Wildman–Crippen MR) is 169 cm³/mol. The summed E-state index contributed by atoms with van der Waals surface area (Å²) in [5.41, 5.74) is 6.66. The molecule has 0 aliphatic heterocycles. The van der Waals surface area contributed by atoms with Crippen molar-refractivity contribution in [3.05, 3.63) is 114 Å². The minimum atomic E-state index is -0.397. The minimum absolute atomic E-state index is 0.153. The van der Waals surface area contributed by atoms with E-state index in [0.717, 1.165) is 61.1 Å². The van der Waals surface area contributed by atoms with Crippen molar-refractivity contribution in [2.45, 2.75) is 34.1 Å². The van der Waals surface area contributed by atoms with Crippen LogP contribution in [-0.4, -0.2) is 0 Å². The molecule has 2 aromatic heterocycles. The zero-order valence-electron chi connectivity index (χ0n) is 25.1. The summed E-state index contributed by atoms with van der Waals surface area (Å²) < 4.78 is 34.2. The summed E-state index contributed by atoms with van der Waals surface area (Å²) in [6, 6.07) is 28.1. The van der Waals surface area contributed by atoms with Crippen LogP contribution in [0.5, 0.6) is 0 Å². The number of fused-ring (bicyclic) bond motifs is 6. The normalized spacial score (nSPS) is 12.6. The Labute approximate surface area is 241 Å². The summed E-state index contributed by atoms with van der Waals surface area (Å²) in [5, 5.41) is 5.38. The van der Waals surface area contributed by atoms with Crippen LogP contribution in [0, 0.1) is 18.2 Å². The number of aryl methyl sites for hydroxylation is 2. The maximum absolute atomic E-state index is 16.1. The van der Waals surface area contributed by atoms with Gasteiger partial charge in [0.15, 0.2) is 6.20 Å². The fourth-order valence-corrected chi connectivity index (χ4v) is 6.28. The molecule has 202 valence electrons. The van der Waals surface area contributed by atoms with E-state index >= 15 is 4.39 Å². The fraction of sp³-hybridized carbons (Fsp3) is 0.184. The van der Waals surface area contributed by atoms with E-state index in [1.54, 1.807) is 0 Å². The molecule has 0 spiro atoms. The average molecular weight is 540 g/mol. The highest BCUT2D eigenvalue weighted by molar-refractivity contribution is 6.18. The van der Waals surface area contributed by atoms with Crippen LogP contribution in [0.3, 0.4) is 0 Å². The highest BCUT2D eigenvalue weighted by Gasteiger charge is 2.25. The summed E-state index contributed by atoms with van der Waals surface area (Å²) in [6.07, 6.45) is 3.06. The van der Waals surface area contributed by atoms with E-state index in [9.17, 15) is 1.37 Å². The Morgan fingerprint density at radius 2 is 1.44 bits per heavy atom. The van der Waals surface area contributed by atoms with E-state index in [1.807, 2.05) is 54.6 Å². The molecule has 7 aromatic rings. The molecule has 41 heavy (non-hydrogen) atoms. The van der Waals surface area contributed by atoms with Crippen LogP contribution >= 0.6 is 0 Å². The Balaban J connectivity index is 1.57. The first-order chi connectivity index (χ1) is 20.1. The second-order valence-corrected chi connectivity index (χ2v) is 12.4. The zero-order chi connectivity index (χ0) is 29.3. The first-order valence-corrected chi connectivity index (χ1v) is 14.2. The van der Waals surface area contributed by atoms with Gasteiger partial charge >= 0.3 is 0 Å². The number of rotatable bonds is 3. The maximum atomic E-state index is 16.1. The van der Waals surface area contributed by atoms with Crippen molar-refractivity contribution in [3.63, 3.8) is 0 Å². The lowest BCUT2D eigenvalue weighted by Crippen LogP contribution is -2.31. The van der Waals surface area contributed by atoms with Gasteiger partial charge in [0.25, 0.3) is 0 Å². The van der Waals surface area contributed by atoms with E-state index in [-0.39, 0.29) is 5.41 Å². The molecular weight excluding hydrogens is 505 g/mol. The number of nitrogens with zero attached hydrogens (tertiary/aromatic N) is 1. The van der Waals surface area contributed by atoms with Gasteiger partial charge in [-0.15, -0.1) is 0 Å². The Morgan fingerprint density at radius 1 is 0.780 bits per heavy atom. The Bertz CT molecular complexity index is 2200. The van der Waals surface area contributed by atoms with Crippen LogP contribution in [0.25, 0.3) is 65.9 Å². The maximum Gasteiger partial charge on any atom is 0.216 e. The summed E-state index contributed by atoms with van der Waals surface area (Å²) in [4.78, 5) is 0. The van der Waals surface area contributed by atoms with Gasteiger partial charge in [-0.1, -0.05) is 81.4 Å². The lowest BCUT2D eigenvalue weighted by molar-refractivity contribution is -0.660. The van der Waals surface area contributed by atoms with Gasteiger partial charge in [-0.05, 0) is 75.2 Å². The molecular formula is C38H33FNO+. The summed E-state index contributed by atoms with van der Waals surface area (Å²) >= 11 is 0. The van der Waals surface area contributed by atoms with Crippen LogP contribution in [0.15, 0.2) is 102 Å². The molecule has 0 unspecified atom stereocenters. The van der Waals surface area contributed by atoms with Crippen molar-refractivity contribution in [1.29, 1.82) is 0 Å². The Morgan fingerprint density at radius 3 is 2.20 bits per heavy atom. The van der Waals surface area contributed by atoms with E-state index in [1.165, 1.54) is 11.6 Å². The first-order valence-electron chi connectivity index (χ1n) is 14.7. The molecule has 0 aliphatic rings. The highest BCUT2D eigenvalue weighted by Crippen LogP contribution is 2.44. The van der Waals surface area contributed by atoms with Crippen molar-refractivity contribution in [2.24, 2.45) is 12.5 Å². The third-order valence-corrected chi connectivity index (χ3v) is 8.10. The zero-order valence-corrected chi connectivity index (χ0v) is 24.1. The molecule has 0 saturated heterocycles. The standard InChI is InChI=1S/C38H33FNO/c1-23-14-15-29-30-16-17-32(39)35(31-21-25-10-6-7-11-26(25)27-12-8-9-13-28(27)31)37(30)41-36(29)34(23)33-20-24(18-19-40(33)5)22-38(2,3)4/h6-21H,22H2,1-5H3/q+1/i21D. The third kappa shape index (κ3) is 4.19. The largest absolute Gasteiger partial charge is 0.454 e. The second-order valence-electron chi connectivity index (χ2n) is 12.4.